The predicted molar refractivity (Wildman–Crippen MR) is 79.0 cm³/mol. The van der Waals surface area contributed by atoms with Gasteiger partial charge in [0, 0.05) is 24.5 Å². The summed E-state index contributed by atoms with van der Waals surface area (Å²) in [5, 5.41) is 6.75. The van der Waals surface area contributed by atoms with Crippen LogP contribution in [0.5, 0.6) is 0 Å². The number of piperidine rings is 1. The summed E-state index contributed by atoms with van der Waals surface area (Å²) < 4.78 is 0. The number of rotatable bonds is 4. The Labute approximate surface area is 117 Å². The molecule has 1 saturated carbocycles. The lowest BCUT2D eigenvalue weighted by atomic mass is 9.86. The summed E-state index contributed by atoms with van der Waals surface area (Å²) in [6, 6.07) is 1.32. The van der Waals surface area contributed by atoms with Crippen molar-refractivity contribution in [2.75, 3.05) is 0 Å². The molecule has 3 unspecified atom stereocenters. The molecule has 1 heterocycles. The Morgan fingerprint density at radius 2 is 1.84 bits per heavy atom. The van der Waals surface area contributed by atoms with Gasteiger partial charge in [0.25, 0.3) is 0 Å². The first-order chi connectivity index (χ1) is 9.15. The molecule has 0 aromatic carbocycles. The van der Waals surface area contributed by atoms with Crippen molar-refractivity contribution in [2.45, 2.75) is 89.8 Å². The molecular formula is C16H30N2O. The van der Waals surface area contributed by atoms with Crippen molar-refractivity contribution in [3.63, 3.8) is 0 Å². The van der Waals surface area contributed by atoms with Crippen LogP contribution < -0.4 is 10.6 Å². The second-order valence-corrected chi connectivity index (χ2v) is 6.65. The summed E-state index contributed by atoms with van der Waals surface area (Å²) >= 11 is 0. The van der Waals surface area contributed by atoms with E-state index < -0.39 is 0 Å². The highest BCUT2D eigenvalue weighted by atomic mass is 16.1. The molecule has 1 amide bonds. The molecule has 0 radical (unpaired) electrons. The smallest absolute Gasteiger partial charge is 0.220 e. The zero-order valence-electron chi connectivity index (χ0n) is 12.6. The van der Waals surface area contributed by atoms with E-state index in [2.05, 4.69) is 24.5 Å². The van der Waals surface area contributed by atoms with E-state index in [0.29, 0.717) is 18.1 Å². The fourth-order valence-corrected chi connectivity index (χ4v) is 3.61. The summed E-state index contributed by atoms with van der Waals surface area (Å²) in [6.07, 6.45) is 10.9. The van der Waals surface area contributed by atoms with Crippen LogP contribution in [0.4, 0.5) is 0 Å². The Hall–Kier alpha value is -0.570. The Kier molecular flexibility index (Phi) is 5.68. The summed E-state index contributed by atoms with van der Waals surface area (Å²) in [6.45, 7) is 4.40. The number of hydrogen-bond donors (Lipinski definition) is 2. The van der Waals surface area contributed by atoms with Crippen LogP contribution in [-0.2, 0) is 4.79 Å². The Morgan fingerprint density at radius 3 is 2.53 bits per heavy atom. The van der Waals surface area contributed by atoms with Gasteiger partial charge in [-0.2, -0.15) is 0 Å². The van der Waals surface area contributed by atoms with E-state index in [1.165, 1.54) is 32.1 Å². The minimum absolute atomic E-state index is 0.263. The Bertz CT molecular complexity index is 286. The van der Waals surface area contributed by atoms with Crippen LogP contribution >= 0.6 is 0 Å². The van der Waals surface area contributed by atoms with Gasteiger partial charge < -0.3 is 10.6 Å². The average molecular weight is 266 g/mol. The molecule has 2 rings (SSSR count). The van der Waals surface area contributed by atoms with Crippen molar-refractivity contribution in [1.29, 1.82) is 0 Å². The van der Waals surface area contributed by atoms with Crippen molar-refractivity contribution in [2.24, 2.45) is 5.92 Å². The first-order valence-corrected chi connectivity index (χ1v) is 8.20. The van der Waals surface area contributed by atoms with Crippen molar-refractivity contribution in [3.8, 4) is 0 Å². The number of carbonyl (C=O) groups excluding carboxylic acids is 1. The minimum atomic E-state index is 0.263. The molecule has 1 saturated heterocycles. The molecule has 1 aliphatic carbocycles. The third kappa shape index (κ3) is 4.79. The fourth-order valence-electron chi connectivity index (χ4n) is 3.61. The van der Waals surface area contributed by atoms with E-state index in [9.17, 15) is 4.79 Å². The van der Waals surface area contributed by atoms with Crippen LogP contribution in [0.3, 0.4) is 0 Å². The van der Waals surface area contributed by atoms with Gasteiger partial charge >= 0.3 is 0 Å². The molecule has 1 aliphatic heterocycles. The molecule has 2 N–H and O–H groups in total. The first-order valence-electron chi connectivity index (χ1n) is 8.20. The highest BCUT2D eigenvalue weighted by Crippen LogP contribution is 2.27. The van der Waals surface area contributed by atoms with E-state index in [1.54, 1.807) is 0 Å². The van der Waals surface area contributed by atoms with E-state index in [4.69, 9.17) is 0 Å². The van der Waals surface area contributed by atoms with Gasteiger partial charge in [-0.3, -0.25) is 4.79 Å². The van der Waals surface area contributed by atoms with Crippen LogP contribution in [0.25, 0.3) is 0 Å². The quantitative estimate of drug-likeness (QED) is 0.821. The van der Waals surface area contributed by atoms with Gasteiger partial charge in [0.05, 0.1) is 0 Å². The van der Waals surface area contributed by atoms with Gasteiger partial charge in [0.2, 0.25) is 5.91 Å². The molecule has 2 aliphatic rings. The molecule has 0 bridgehead atoms. The van der Waals surface area contributed by atoms with E-state index in [-0.39, 0.29) is 5.91 Å². The van der Waals surface area contributed by atoms with Crippen LogP contribution in [0.2, 0.25) is 0 Å². The van der Waals surface area contributed by atoms with Crippen LogP contribution in [0.1, 0.15) is 71.6 Å². The van der Waals surface area contributed by atoms with E-state index in [0.717, 1.165) is 31.6 Å². The van der Waals surface area contributed by atoms with Gasteiger partial charge in [0.1, 0.15) is 0 Å². The largest absolute Gasteiger partial charge is 0.352 e. The molecule has 3 nitrogen and oxygen atoms in total. The molecule has 2 fully saturated rings. The maximum atomic E-state index is 12.0. The lowest BCUT2D eigenvalue weighted by Crippen LogP contribution is -2.54. The zero-order chi connectivity index (χ0) is 13.7. The number of hydrogen-bond acceptors (Lipinski definition) is 2. The van der Waals surface area contributed by atoms with Gasteiger partial charge in [-0.25, -0.2) is 0 Å². The molecule has 3 heteroatoms. The normalized spacial score (nSPS) is 33.1. The van der Waals surface area contributed by atoms with Crippen molar-refractivity contribution in [1.82, 2.24) is 10.6 Å². The van der Waals surface area contributed by atoms with Crippen molar-refractivity contribution < 1.29 is 4.79 Å². The van der Waals surface area contributed by atoms with Crippen LogP contribution in [-0.4, -0.2) is 24.0 Å². The average Bonchev–Trinajstić information content (AvgIpc) is 2.41. The van der Waals surface area contributed by atoms with Gasteiger partial charge in [-0.15, -0.1) is 0 Å². The van der Waals surface area contributed by atoms with Gasteiger partial charge in [-0.05, 0) is 39.0 Å². The number of nitrogens with one attached hydrogen (secondary N) is 2. The van der Waals surface area contributed by atoms with E-state index >= 15 is 0 Å². The molecule has 0 aromatic rings. The second-order valence-electron chi connectivity index (χ2n) is 6.65. The first kappa shape index (κ1) is 14.8. The molecule has 0 aromatic heterocycles. The van der Waals surface area contributed by atoms with Crippen molar-refractivity contribution in [3.05, 3.63) is 0 Å². The fraction of sp³-hybridized carbons (Fsp3) is 0.938. The molecule has 0 spiro atoms. The maximum absolute atomic E-state index is 12.0. The highest BCUT2D eigenvalue weighted by molar-refractivity contribution is 5.76. The maximum Gasteiger partial charge on any atom is 0.220 e. The summed E-state index contributed by atoms with van der Waals surface area (Å²) in [5.41, 5.74) is 0. The second kappa shape index (κ2) is 7.28. The SMILES string of the molecule is CC1CCC(NC(=O)CCC2CCCCC2)C(C)N1. The summed E-state index contributed by atoms with van der Waals surface area (Å²) in [4.78, 5) is 12.0. The highest BCUT2D eigenvalue weighted by Gasteiger charge is 2.25. The van der Waals surface area contributed by atoms with Gasteiger partial charge in [0.15, 0.2) is 0 Å². The van der Waals surface area contributed by atoms with E-state index in [1.807, 2.05) is 0 Å². The predicted octanol–water partition coefficient (Wildman–Crippen LogP) is 2.99. The standard InChI is InChI=1S/C16H30N2O/c1-12-8-10-15(13(2)17-12)18-16(19)11-9-14-6-4-3-5-7-14/h12-15,17H,3-11H2,1-2H3,(H,18,19). The number of amides is 1. The van der Waals surface area contributed by atoms with Crippen LogP contribution in [0, 0.1) is 5.92 Å². The third-order valence-electron chi connectivity index (χ3n) is 4.91. The van der Waals surface area contributed by atoms with Crippen LogP contribution in [0.15, 0.2) is 0 Å². The van der Waals surface area contributed by atoms with Crippen molar-refractivity contribution >= 4 is 5.91 Å². The third-order valence-corrected chi connectivity index (χ3v) is 4.91. The zero-order valence-corrected chi connectivity index (χ0v) is 12.6. The lowest BCUT2D eigenvalue weighted by molar-refractivity contribution is -0.122. The molecule has 3 atom stereocenters. The minimum Gasteiger partial charge on any atom is -0.352 e. The monoisotopic (exact) mass is 266 g/mol. The topological polar surface area (TPSA) is 41.1 Å². The molecular weight excluding hydrogens is 236 g/mol. The summed E-state index contributed by atoms with van der Waals surface area (Å²) in [7, 11) is 0. The summed E-state index contributed by atoms with van der Waals surface area (Å²) in [5.74, 6) is 1.07. The molecule has 110 valence electrons. The lowest BCUT2D eigenvalue weighted by Gasteiger charge is -2.34. The van der Waals surface area contributed by atoms with Gasteiger partial charge in [-0.1, -0.05) is 32.1 Å². The number of carbonyl (C=O) groups is 1. The Morgan fingerprint density at radius 1 is 1.11 bits per heavy atom. The Balaban J connectivity index is 1.66. The molecule has 19 heavy (non-hydrogen) atoms.